The average molecular weight is 205 g/mol. The van der Waals surface area contributed by atoms with Crippen molar-refractivity contribution in [3.05, 3.63) is 18.1 Å². The summed E-state index contributed by atoms with van der Waals surface area (Å²) in [6.45, 7) is 4.95. The number of aryl methyl sites for hydroxylation is 2. The van der Waals surface area contributed by atoms with Crippen molar-refractivity contribution < 1.29 is 0 Å². The van der Waals surface area contributed by atoms with Crippen LogP contribution in [0.4, 0.5) is 5.82 Å². The largest absolute Gasteiger partial charge is 0.384 e. The third kappa shape index (κ3) is 1.49. The first-order valence-corrected chi connectivity index (χ1v) is 4.94. The quantitative estimate of drug-likeness (QED) is 0.801. The molecule has 15 heavy (non-hydrogen) atoms. The molecule has 2 N–H and O–H groups in total. The van der Waals surface area contributed by atoms with E-state index in [-0.39, 0.29) is 0 Å². The first-order chi connectivity index (χ1) is 7.13. The van der Waals surface area contributed by atoms with E-state index in [0.717, 1.165) is 23.5 Å². The van der Waals surface area contributed by atoms with E-state index in [1.807, 2.05) is 24.7 Å². The zero-order valence-electron chi connectivity index (χ0n) is 9.23. The second-order valence-corrected chi connectivity index (χ2v) is 3.57. The van der Waals surface area contributed by atoms with Crippen molar-refractivity contribution in [2.75, 3.05) is 5.73 Å². The number of nitrogens with zero attached hydrogens (tertiary/aromatic N) is 4. The number of imidazole rings is 1. The Morgan fingerprint density at radius 2 is 2.20 bits per heavy atom. The van der Waals surface area contributed by atoms with Crippen molar-refractivity contribution in [1.82, 2.24) is 19.3 Å². The maximum Gasteiger partial charge on any atom is 0.124 e. The molecule has 0 aromatic carbocycles. The molecule has 2 rings (SSSR count). The van der Waals surface area contributed by atoms with Gasteiger partial charge in [-0.3, -0.25) is 4.68 Å². The van der Waals surface area contributed by atoms with Crippen LogP contribution in [0, 0.1) is 6.92 Å². The van der Waals surface area contributed by atoms with Gasteiger partial charge in [-0.15, -0.1) is 0 Å². The molecule has 2 aromatic heterocycles. The Morgan fingerprint density at radius 3 is 2.67 bits per heavy atom. The van der Waals surface area contributed by atoms with E-state index in [9.17, 15) is 0 Å². The lowest BCUT2D eigenvalue weighted by molar-refractivity contribution is 0.761. The Morgan fingerprint density at radius 1 is 1.47 bits per heavy atom. The molecule has 5 heteroatoms. The van der Waals surface area contributed by atoms with Gasteiger partial charge in [0.05, 0.1) is 6.33 Å². The van der Waals surface area contributed by atoms with Gasteiger partial charge in [-0.2, -0.15) is 5.10 Å². The number of hydrogen-bond donors (Lipinski definition) is 1. The van der Waals surface area contributed by atoms with Crippen LogP contribution in [0.25, 0.3) is 11.4 Å². The lowest BCUT2D eigenvalue weighted by Gasteiger charge is -1.93. The molecule has 0 atom stereocenters. The SMILES string of the molecule is CCn1cnc(-c2nn(C)c(N)c2C)c1. The Kier molecular flexibility index (Phi) is 2.22. The molecule has 0 amide bonds. The lowest BCUT2D eigenvalue weighted by atomic mass is 10.2. The zero-order chi connectivity index (χ0) is 11.0. The number of rotatable bonds is 2. The van der Waals surface area contributed by atoms with Crippen LogP contribution in [-0.2, 0) is 13.6 Å². The minimum atomic E-state index is 0.691. The van der Waals surface area contributed by atoms with Gasteiger partial charge in [0.15, 0.2) is 0 Å². The molecule has 0 aliphatic carbocycles. The lowest BCUT2D eigenvalue weighted by Crippen LogP contribution is -1.97. The Labute approximate surface area is 88.5 Å². The zero-order valence-corrected chi connectivity index (χ0v) is 9.23. The van der Waals surface area contributed by atoms with Gasteiger partial charge in [-0.25, -0.2) is 4.98 Å². The van der Waals surface area contributed by atoms with Gasteiger partial charge < -0.3 is 10.3 Å². The van der Waals surface area contributed by atoms with Crippen LogP contribution >= 0.6 is 0 Å². The van der Waals surface area contributed by atoms with Crippen LogP contribution in [0.3, 0.4) is 0 Å². The van der Waals surface area contributed by atoms with E-state index in [2.05, 4.69) is 17.0 Å². The molecule has 0 aliphatic heterocycles. The molecule has 2 heterocycles. The maximum atomic E-state index is 5.85. The number of aromatic nitrogens is 4. The van der Waals surface area contributed by atoms with Crippen molar-refractivity contribution in [2.24, 2.45) is 7.05 Å². The van der Waals surface area contributed by atoms with Gasteiger partial charge in [-0.1, -0.05) is 0 Å². The summed E-state index contributed by atoms with van der Waals surface area (Å²) in [6.07, 6.45) is 3.79. The first-order valence-electron chi connectivity index (χ1n) is 4.94. The molecular weight excluding hydrogens is 190 g/mol. The molecule has 5 nitrogen and oxygen atoms in total. The first kappa shape index (κ1) is 9.76. The van der Waals surface area contributed by atoms with Gasteiger partial charge in [-0.05, 0) is 13.8 Å². The fourth-order valence-electron chi connectivity index (χ4n) is 1.54. The summed E-state index contributed by atoms with van der Waals surface area (Å²) in [6, 6.07) is 0. The molecule has 0 unspecified atom stereocenters. The topological polar surface area (TPSA) is 61.7 Å². The van der Waals surface area contributed by atoms with E-state index in [0.29, 0.717) is 5.82 Å². The van der Waals surface area contributed by atoms with Gasteiger partial charge in [0.2, 0.25) is 0 Å². The van der Waals surface area contributed by atoms with Crippen LogP contribution in [0.1, 0.15) is 12.5 Å². The predicted octanol–water partition coefficient (Wildman–Crippen LogP) is 1.19. The summed E-state index contributed by atoms with van der Waals surface area (Å²) in [5.41, 5.74) is 8.57. The Bertz CT molecular complexity index is 480. The van der Waals surface area contributed by atoms with Gasteiger partial charge in [0.1, 0.15) is 17.2 Å². The number of hydrogen-bond acceptors (Lipinski definition) is 3. The van der Waals surface area contributed by atoms with Crippen molar-refractivity contribution in [1.29, 1.82) is 0 Å². The van der Waals surface area contributed by atoms with Crippen LogP contribution < -0.4 is 5.73 Å². The van der Waals surface area contributed by atoms with Crippen molar-refractivity contribution in [2.45, 2.75) is 20.4 Å². The summed E-state index contributed by atoms with van der Waals surface area (Å²) in [5.74, 6) is 0.691. The highest BCUT2D eigenvalue weighted by Crippen LogP contribution is 2.23. The van der Waals surface area contributed by atoms with E-state index in [1.54, 1.807) is 11.0 Å². The average Bonchev–Trinajstić information content (AvgIpc) is 2.79. The monoisotopic (exact) mass is 205 g/mol. The number of anilines is 1. The molecular formula is C10H15N5. The maximum absolute atomic E-state index is 5.85. The normalized spacial score (nSPS) is 10.9. The second kappa shape index (κ2) is 3.42. The predicted molar refractivity (Wildman–Crippen MR) is 59.3 cm³/mol. The third-order valence-corrected chi connectivity index (χ3v) is 2.58. The van der Waals surface area contributed by atoms with E-state index >= 15 is 0 Å². The van der Waals surface area contributed by atoms with Crippen molar-refractivity contribution >= 4 is 5.82 Å². The third-order valence-electron chi connectivity index (χ3n) is 2.58. The van der Waals surface area contributed by atoms with E-state index in [1.165, 1.54) is 0 Å². The fraction of sp³-hybridized carbons (Fsp3) is 0.400. The highest BCUT2D eigenvalue weighted by atomic mass is 15.3. The van der Waals surface area contributed by atoms with E-state index in [4.69, 9.17) is 5.73 Å². The van der Waals surface area contributed by atoms with Crippen molar-refractivity contribution in [3.63, 3.8) is 0 Å². The summed E-state index contributed by atoms with van der Waals surface area (Å²) in [7, 11) is 1.84. The smallest absolute Gasteiger partial charge is 0.124 e. The molecule has 0 saturated carbocycles. The summed E-state index contributed by atoms with van der Waals surface area (Å²) >= 11 is 0. The molecule has 0 bridgehead atoms. The Balaban J connectivity index is 2.49. The minimum absolute atomic E-state index is 0.691. The van der Waals surface area contributed by atoms with Crippen LogP contribution in [0.5, 0.6) is 0 Å². The molecule has 0 radical (unpaired) electrons. The molecule has 0 spiro atoms. The molecule has 0 fully saturated rings. The number of nitrogen functional groups attached to an aromatic ring is 1. The molecule has 0 saturated heterocycles. The second-order valence-electron chi connectivity index (χ2n) is 3.57. The number of nitrogens with two attached hydrogens (primary N) is 1. The van der Waals surface area contributed by atoms with Gasteiger partial charge in [0, 0.05) is 25.4 Å². The van der Waals surface area contributed by atoms with Crippen LogP contribution in [0.15, 0.2) is 12.5 Å². The molecule has 80 valence electrons. The van der Waals surface area contributed by atoms with Crippen molar-refractivity contribution in [3.8, 4) is 11.4 Å². The summed E-state index contributed by atoms with van der Waals surface area (Å²) in [4.78, 5) is 4.30. The van der Waals surface area contributed by atoms with E-state index < -0.39 is 0 Å². The standard InChI is InChI=1S/C10H15N5/c1-4-15-5-8(12-6-15)9-7(2)10(11)14(3)13-9/h5-6H,4,11H2,1-3H3. The van der Waals surface area contributed by atoms with Gasteiger partial charge >= 0.3 is 0 Å². The highest BCUT2D eigenvalue weighted by molar-refractivity contribution is 5.64. The summed E-state index contributed by atoms with van der Waals surface area (Å²) < 4.78 is 3.69. The van der Waals surface area contributed by atoms with Gasteiger partial charge in [0.25, 0.3) is 0 Å². The molecule has 2 aromatic rings. The fourth-order valence-corrected chi connectivity index (χ4v) is 1.54. The van der Waals surface area contributed by atoms with Crippen LogP contribution in [0.2, 0.25) is 0 Å². The van der Waals surface area contributed by atoms with Crippen LogP contribution in [-0.4, -0.2) is 19.3 Å². The highest BCUT2D eigenvalue weighted by Gasteiger charge is 2.13. The minimum Gasteiger partial charge on any atom is -0.384 e. The summed E-state index contributed by atoms with van der Waals surface area (Å²) in [5, 5.41) is 4.34. The molecule has 0 aliphatic rings. The Hall–Kier alpha value is -1.78.